The van der Waals surface area contributed by atoms with E-state index in [2.05, 4.69) is 25.7 Å². The van der Waals surface area contributed by atoms with Crippen LogP contribution in [0.2, 0.25) is 0 Å². The van der Waals surface area contributed by atoms with Crippen molar-refractivity contribution in [2.24, 2.45) is 5.92 Å². The van der Waals surface area contributed by atoms with Gasteiger partial charge in [-0.25, -0.2) is 0 Å². The van der Waals surface area contributed by atoms with Crippen molar-refractivity contribution in [1.29, 1.82) is 0 Å². The van der Waals surface area contributed by atoms with E-state index < -0.39 is 0 Å². The monoisotopic (exact) mass is 229 g/mol. The fraction of sp³-hybridized carbons (Fsp3) is 0.846. The molecule has 3 heteroatoms. The van der Waals surface area contributed by atoms with Gasteiger partial charge in [-0.3, -0.25) is 0 Å². The zero-order valence-corrected chi connectivity index (χ0v) is 11.1. The van der Waals surface area contributed by atoms with E-state index in [9.17, 15) is 0 Å². The number of rotatable bonds is 11. The first-order valence-corrected chi connectivity index (χ1v) is 6.13. The van der Waals surface area contributed by atoms with Gasteiger partial charge in [0.2, 0.25) is 0 Å². The smallest absolute Gasteiger partial charge is 0.0672 e. The average molecular weight is 229 g/mol. The molecule has 0 unspecified atom stereocenters. The Morgan fingerprint density at radius 2 is 1.75 bits per heavy atom. The Balaban J connectivity index is 2.96. The molecule has 0 aromatic heterocycles. The highest BCUT2D eigenvalue weighted by atomic mass is 16.5. The van der Waals surface area contributed by atoms with Crippen molar-refractivity contribution in [2.45, 2.75) is 27.2 Å². The molecule has 0 bridgehead atoms. The molecular weight excluding hydrogens is 202 g/mol. The number of hydrogen-bond donors (Lipinski definition) is 1. The van der Waals surface area contributed by atoms with Crippen LogP contribution in [0.3, 0.4) is 0 Å². The van der Waals surface area contributed by atoms with Crippen LogP contribution in [0.15, 0.2) is 12.2 Å². The van der Waals surface area contributed by atoms with Gasteiger partial charge in [-0.1, -0.05) is 26.0 Å². The average Bonchev–Trinajstić information content (AvgIpc) is 2.20. The molecular formula is C13H27NO2. The molecule has 0 spiro atoms. The quantitative estimate of drug-likeness (QED) is 0.435. The third-order valence-corrected chi connectivity index (χ3v) is 2.03. The maximum atomic E-state index is 5.47. The van der Waals surface area contributed by atoms with E-state index in [0.29, 0.717) is 6.61 Å². The van der Waals surface area contributed by atoms with Crippen LogP contribution in [-0.2, 0) is 9.47 Å². The SMILES string of the molecule is C=C(C)COCCNCCOCCC(C)C. The Kier molecular flexibility index (Phi) is 10.9. The summed E-state index contributed by atoms with van der Waals surface area (Å²) >= 11 is 0. The second-order valence-electron chi connectivity index (χ2n) is 4.55. The van der Waals surface area contributed by atoms with Gasteiger partial charge >= 0.3 is 0 Å². The fourth-order valence-corrected chi connectivity index (χ4v) is 1.08. The Labute approximate surface area is 100 Å². The van der Waals surface area contributed by atoms with Crippen molar-refractivity contribution in [1.82, 2.24) is 5.32 Å². The van der Waals surface area contributed by atoms with E-state index in [1.807, 2.05) is 6.92 Å². The highest BCUT2D eigenvalue weighted by Crippen LogP contribution is 1.98. The molecule has 0 amide bonds. The number of hydrogen-bond acceptors (Lipinski definition) is 3. The minimum absolute atomic E-state index is 0.659. The molecule has 0 saturated carbocycles. The summed E-state index contributed by atoms with van der Waals surface area (Å²) in [6, 6.07) is 0. The van der Waals surface area contributed by atoms with Crippen molar-refractivity contribution in [3.05, 3.63) is 12.2 Å². The topological polar surface area (TPSA) is 30.5 Å². The van der Waals surface area contributed by atoms with E-state index in [1.54, 1.807) is 0 Å². The summed E-state index contributed by atoms with van der Waals surface area (Å²) in [5, 5.41) is 3.27. The van der Waals surface area contributed by atoms with Crippen LogP contribution in [0.1, 0.15) is 27.2 Å². The van der Waals surface area contributed by atoms with E-state index in [4.69, 9.17) is 9.47 Å². The number of nitrogens with one attached hydrogen (secondary N) is 1. The predicted molar refractivity (Wildman–Crippen MR) is 68.8 cm³/mol. The molecule has 0 heterocycles. The molecule has 0 aliphatic carbocycles. The van der Waals surface area contributed by atoms with Crippen molar-refractivity contribution >= 4 is 0 Å². The molecule has 0 radical (unpaired) electrons. The summed E-state index contributed by atoms with van der Waals surface area (Å²) in [6.45, 7) is 15.0. The fourth-order valence-electron chi connectivity index (χ4n) is 1.08. The van der Waals surface area contributed by atoms with E-state index >= 15 is 0 Å². The van der Waals surface area contributed by atoms with Crippen molar-refractivity contribution < 1.29 is 9.47 Å². The van der Waals surface area contributed by atoms with Gasteiger partial charge in [0.25, 0.3) is 0 Å². The second kappa shape index (κ2) is 11.1. The predicted octanol–water partition coefficient (Wildman–Crippen LogP) is 2.23. The third-order valence-electron chi connectivity index (χ3n) is 2.03. The van der Waals surface area contributed by atoms with Crippen LogP contribution in [0, 0.1) is 5.92 Å². The van der Waals surface area contributed by atoms with Gasteiger partial charge in [-0.2, -0.15) is 0 Å². The molecule has 0 aliphatic heterocycles. The van der Waals surface area contributed by atoms with Gasteiger partial charge in [-0.05, 0) is 19.3 Å². The van der Waals surface area contributed by atoms with Gasteiger partial charge in [0.1, 0.15) is 0 Å². The number of ether oxygens (including phenoxy) is 2. The van der Waals surface area contributed by atoms with Crippen molar-refractivity contribution in [3.63, 3.8) is 0 Å². The maximum Gasteiger partial charge on any atom is 0.0672 e. The Hall–Kier alpha value is -0.380. The minimum atomic E-state index is 0.659. The zero-order chi connectivity index (χ0) is 12.2. The largest absolute Gasteiger partial charge is 0.380 e. The summed E-state index contributed by atoms with van der Waals surface area (Å²) in [4.78, 5) is 0. The third kappa shape index (κ3) is 13.6. The molecule has 0 rings (SSSR count). The lowest BCUT2D eigenvalue weighted by molar-refractivity contribution is 0.120. The van der Waals surface area contributed by atoms with Gasteiger partial charge in [0.05, 0.1) is 19.8 Å². The van der Waals surface area contributed by atoms with Gasteiger partial charge in [0, 0.05) is 19.7 Å². The lowest BCUT2D eigenvalue weighted by Gasteiger charge is -2.08. The van der Waals surface area contributed by atoms with Crippen LogP contribution in [0.5, 0.6) is 0 Å². The van der Waals surface area contributed by atoms with Crippen LogP contribution >= 0.6 is 0 Å². The van der Waals surface area contributed by atoms with Gasteiger partial charge in [0.15, 0.2) is 0 Å². The molecule has 0 saturated heterocycles. The van der Waals surface area contributed by atoms with E-state index in [0.717, 1.165) is 50.8 Å². The molecule has 0 aromatic carbocycles. The highest BCUT2D eigenvalue weighted by molar-refractivity contribution is 4.87. The van der Waals surface area contributed by atoms with Gasteiger partial charge < -0.3 is 14.8 Å². The highest BCUT2D eigenvalue weighted by Gasteiger charge is 1.94. The first kappa shape index (κ1) is 15.6. The summed E-state index contributed by atoms with van der Waals surface area (Å²) in [7, 11) is 0. The molecule has 0 fully saturated rings. The zero-order valence-electron chi connectivity index (χ0n) is 11.1. The van der Waals surface area contributed by atoms with Crippen molar-refractivity contribution in [2.75, 3.05) is 39.5 Å². The van der Waals surface area contributed by atoms with Gasteiger partial charge in [-0.15, -0.1) is 0 Å². The first-order chi connectivity index (χ1) is 7.63. The molecule has 0 atom stereocenters. The summed E-state index contributed by atoms with van der Waals surface area (Å²) in [6.07, 6.45) is 1.14. The molecule has 0 aromatic rings. The molecule has 96 valence electrons. The van der Waals surface area contributed by atoms with E-state index in [-0.39, 0.29) is 0 Å². The van der Waals surface area contributed by atoms with Crippen LogP contribution in [0.4, 0.5) is 0 Å². The Morgan fingerprint density at radius 3 is 2.31 bits per heavy atom. The molecule has 0 aliphatic rings. The molecule has 1 N–H and O–H groups in total. The standard InChI is InChI=1S/C13H27NO2/c1-12(2)5-8-15-9-6-14-7-10-16-11-13(3)4/h12,14H,3,5-11H2,1-2,4H3. The molecule has 16 heavy (non-hydrogen) atoms. The lowest BCUT2D eigenvalue weighted by Crippen LogP contribution is -2.24. The maximum absolute atomic E-state index is 5.47. The van der Waals surface area contributed by atoms with Crippen LogP contribution < -0.4 is 5.32 Å². The van der Waals surface area contributed by atoms with Crippen LogP contribution in [-0.4, -0.2) is 39.5 Å². The van der Waals surface area contributed by atoms with Crippen molar-refractivity contribution in [3.8, 4) is 0 Å². The van der Waals surface area contributed by atoms with E-state index in [1.165, 1.54) is 0 Å². The molecule has 3 nitrogen and oxygen atoms in total. The summed E-state index contributed by atoms with van der Waals surface area (Å²) in [5.41, 5.74) is 1.07. The first-order valence-electron chi connectivity index (χ1n) is 6.13. The summed E-state index contributed by atoms with van der Waals surface area (Å²) in [5.74, 6) is 0.725. The summed E-state index contributed by atoms with van der Waals surface area (Å²) < 4.78 is 10.8. The Bertz CT molecular complexity index is 169. The Morgan fingerprint density at radius 1 is 1.12 bits per heavy atom. The van der Waals surface area contributed by atoms with Crippen LogP contribution in [0.25, 0.3) is 0 Å². The minimum Gasteiger partial charge on any atom is -0.380 e. The normalized spacial score (nSPS) is 11.0. The lowest BCUT2D eigenvalue weighted by atomic mass is 10.1. The second-order valence-corrected chi connectivity index (χ2v) is 4.55.